The van der Waals surface area contributed by atoms with Crippen molar-refractivity contribution in [3.05, 3.63) is 88.0 Å². The van der Waals surface area contributed by atoms with Gasteiger partial charge in [0.2, 0.25) is 5.91 Å². The highest BCUT2D eigenvalue weighted by molar-refractivity contribution is 6.30. The molecule has 1 atom stereocenters. The molecule has 2 N–H and O–H groups in total. The molecule has 192 valence electrons. The van der Waals surface area contributed by atoms with Crippen LogP contribution in [0.3, 0.4) is 0 Å². The minimum atomic E-state index is -1.08. The molecule has 3 amide bonds. The molecule has 2 aromatic carbocycles. The Balaban J connectivity index is 1.31. The topological polar surface area (TPSA) is 96.3 Å². The van der Waals surface area contributed by atoms with Gasteiger partial charge in [-0.15, -0.1) is 0 Å². The van der Waals surface area contributed by atoms with E-state index in [1.54, 1.807) is 16.4 Å². The lowest BCUT2D eigenvalue weighted by Gasteiger charge is -2.44. The molecule has 5 rings (SSSR count). The van der Waals surface area contributed by atoms with Crippen LogP contribution in [0.2, 0.25) is 5.02 Å². The number of rotatable bonds is 8. The molecular formula is C28H30ClN5O3. The molecule has 2 heterocycles. The van der Waals surface area contributed by atoms with Crippen molar-refractivity contribution in [3.8, 4) is 0 Å². The number of nitrogens with one attached hydrogen (secondary N) is 2. The van der Waals surface area contributed by atoms with Crippen molar-refractivity contribution in [2.24, 2.45) is 0 Å². The zero-order chi connectivity index (χ0) is 26.2. The van der Waals surface area contributed by atoms with Crippen LogP contribution in [-0.4, -0.2) is 50.3 Å². The Morgan fingerprint density at radius 2 is 1.73 bits per heavy atom. The molecular weight excluding hydrogens is 490 g/mol. The lowest BCUT2D eigenvalue weighted by Crippen LogP contribution is -2.64. The summed E-state index contributed by atoms with van der Waals surface area (Å²) in [5, 5.41) is 6.54. The largest absolute Gasteiger partial charge is 0.350 e. The van der Waals surface area contributed by atoms with E-state index in [9.17, 15) is 14.4 Å². The second kappa shape index (κ2) is 10.0. The summed E-state index contributed by atoms with van der Waals surface area (Å²) in [7, 11) is 0. The van der Waals surface area contributed by atoms with Gasteiger partial charge in [0, 0.05) is 24.2 Å². The number of benzene rings is 2. The van der Waals surface area contributed by atoms with Crippen LogP contribution in [0, 0.1) is 6.92 Å². The molecule has 3 aromatic rings. The first kappa shape index (κ1) is 25.0. The Bertz CT molecular complexity index is 1330. The number of aryl methyl sites for hydroxylation is 1. The zero-order valence-electron chi connectivity index (χ0n) is 21.0. The second-order valence-electron chi connectivity index (χ2n) is 10.1. The van der Waals surface area contributed by atoms with Crippen LogP contribution in [0.25, 0.3) is 0 Å². The number of carbonyl (C=O) groups is 3. The highest BCUT2D eigenvalue weighted by atomic mass is 35.5. The summed E-state index contributed by atoms with van der Waals surface area (Å²) in [6.45, 7) is 4.81. The molecule has 0 saturated heterocycles. The number of fused-ring (bicyclic) bond motifs is 1. The van der Waals surface area contributed by atoms with Crippen LogP contribution in [0.1, 0.15) is 57.4 Å². The van der Waals surface area contributed by atoms with Gasteiger partial charge in [-0.05, 0) is 56.4 Å². The normalized spacial score (nSPS) is 18.9. The van der Waals surface area contributed by atoms with Crippen molar-refractivity contribution in [3.63, 3.8) is 0 Å². The Morgan fingerprint density at radius 1 is 1.05 bits per heavy atom. The fourth-order valence-electron chi connectivity index (χ4n) is 4.86. The highest BCUT2D eigenvalue weighted by Gasteiger charge is 2.53. The standard InChI is InChI=1S/C28H30ClN5O3/c1-18-3-5-20(6-4-18)15-31-27(37)28(2)16-33-17-32-23(24(33)26(36)34(28)22-11-12-22)25(35)30-14-13-19-7-9-21(29)10-8-19/h3-10,17,22H,11-16H2,1-2H3,(H,30,35)(H,31,37). The van der Waals surface area contributed by atoms with Crippen LogP contribution in [0.15, 0.2) is 54.9 Å². The van der Waals surface area contributed by atoms with Crippen molar-refractivity contribution in [1.82, 2.24) is 25.1 Å². The van der Waals surface area contributed by atoms with E-state index in [1.165, 1.54) is 6.33 Å². The Kier molecular flexibility index (Phi) is 6.77. The smallest absolute Gasteiger partial charge is 0.274 e. The second-order valence-corrected chi connectivity index (χ2v) is 10.5. The molecule has 1 aliphatic heterocycles. The summed E-state index contributed by atoms with van der Waals surface area (Å²) in [4.78, 5) is 46.1. The van der Waals surface area contributed by atoms with E-state index < -0.39 is 11.4 Å². The third-order valence-corrected chi connectivity index (χ3v) is 7.32. The van der Waals surface area contributed by atoms with Gasteiger partial charge in [0.25, 0.3) is 11.8 Å². The van der Waals surface area contributed by atoms with Crippen molar-refractivity contribution in [1.29, 1.82) is 0 Å². The molecule has 9 heteroatoms. The molecule has 2 aliphatic rings. The minimum absolute atomic E-state index is 0.0212. The van der Waals surface area contributed by atoms with Crippen LogP contribution in [0.5, 0.6) is 0 Å². The third kappa shape index (κ3) is 5.11. The number of carbonyl (C=O) groups excluding carboxylic acids is 3. The van der Waals surface area contributed by atoms with Crippen molar-refractivity contribution >= 4 is 29.3 Å². The summed E-state index contributed by atoms with van der Waals surface area (Å²) in [5.41, 5.74) is 2.42. The van der Waals surface area contributed by atoms with E-state index in [2.05, 4.69) is 15.6 Å². The number of hydrogen-bond acceptors (Lipinski definition) is 4. The number of imidazole rings is 1. The predicted octanol–water partition coefficient (Wildman–Crippen LogP) is 3.51. The number of halogens is 1. The van der Waals surface area contributed by atoms with Crippen molar-refractivity contribution < 1.29 is 14.4 Å². The van der Waals surface area contributed by atoms with Gasteiger partial charge in [-0.2, -0.15) is 0 Å². The lowest BCUT2D eigenvalue weighted by molar-refractivity contribution is -0.133. The molecule has 0 spiro atoms. The van der Waals surface area contributed by atoms with E-state index in [0.717, 1.165) is 29.5 Å². The third-order valence-electron chi connectivity index (χ3n) is 7.07. The fourth-order valence-corrected chi connectivity index (χ4v) is 4.98. The number of aromatic nitrogens is 2. The minimum Gasteiger partial charge on any atom is -0.350 e. The number of nitrogens with zero attached hydrogens (tertiary/aromatic N) is 3. The summed E-state index contributed by atoms with van der Waals surface area (Å²) in [6, 6.07) is 15.4. The molecule has 0 radical (unpaired) electrons. The van der Waals surface area contributed by atoms with Gasteiger partial charge in [-0.25, -0.2) is 4.98 Å². The molecule has 37 heavy (non-hydrogen) atoms. The molecule has 0 bridgehead atoms. The average Bonchev–Trinajstić information content (AvgIpc) is 3.62. The quantitative estimate of drug-likeness (QED) is 0.476. The van der Waals surface area contributed by atoms with Crippen LogP contribution < -0.4 is 10.6 Å². The maximum Gasteiger partial charge on any atom is 0.274 e. The molecule has 1 unspecified atom stereocenters. The van der Waals surface area contributed by atoms with Gasteiger partial charge >= 0.3 is 0 Å². The molecule has 1 saturated carbocycles. The first-order chi connectivity index (χ1) is 17.8. The van der Waals surface area contributed by atoms with Gasteiger partial charge in [-0.1, -0.05) is 53.6 Å². The SMILES string of the molecule is Cc1ccc(CNC(=O)C2(C)Cn3cnc(C(=O)NCCc4ccc(Cl)cc4)c3C(=O)N2C2CC2)cc1. The molecule has 1 fully saturated rings. The monoisotopic (exact) mass is 519 g/mol. The average molecular weight is 520 g/mol. The van der Waals surface area contributed by atoms with Gasteiger partial charge < -0.3 is 20.1 Å². The van der Waals surface area contributed by atoms with Crippen molar-refractivity contribution in [2.75, 3.05) is 6.54 Å². The van der Waals surface area contributed by atoms with E-state index >= 15 is 0 Å². The fraction of sp³-hybridized carbons (Fsp3) is 0.357. The number of hydrogen-bond donors (Lipinski definition) is 2. The Labute approximate surface area is 221 Å². The van der Waals surface area contributed by atoms with E-state index in [-0.39, 0.29) is 35.8 Å². The van der Waals surface area contributed by atoms with Crippen molar-refractivity contribution in [2.45, 2.75) is 57.8 Å². The van der Waals surface area contributed by atoms with Gasteiger partial charge in [0.15, 0.2) is 5.69 Å². The molecule has 8 nitrogen and oxygen atoms in total. The van der Waals surface area contributed by atoms with Crippen LogP contribution in [0.4, 0.5) is 0 Å². The summed E-state index contributed by atoms with van der Waals surface area (Å²) < 4.78 is 1.64. The first-order valence-corrected chi connectivity index (χ1v) is 12.9. The first-order valence-electron chi connectivity index (χ1n) is 12.5. The van der Waals surface area contributed by atoms with E-state index in [1.807, 2.05) is 55.5 Å². The van der Waals surface area contributed by atoms with Gasteiger partial charge in [-0.3, -0.25) is 14.4 Å². The Morgan fingerprint density at radius 3 is 2.41 bits per heavy atom. The Hall–Kier alpha value is -3.65. The molecule has 1 aliphatic carbocycles. The maximum atomic E-state index is 13.7. The summed E-state index contributed by atoms with van der Waals surface area (Å²) in [5.74, 6) is -0.956. The maximum absolute atomic E-state index is 13.7. The summed E-state index contributed by atoms with van der Waals surface area (Å²) in [6.07, 6.45) is 3.78. The van der Waals surface area contributed by atoms with E-state index in [4.69, 9.17) is 11.6 Å². The van der Waals surface area contributed by atoms with Gasteiger partial charge in [0.05, 0.1) is 12.9 Å². The number of amides is 3. The van der Waals surface area contributed by atoms with Gasteiger partial charge in [0.1, 0.15) is 11.2 Å². The van der Waals surface area contributed by atoms with Crippen LogP contribution in [-0.2, 0) is 24.3 Å². The molecule has 1 aromatic heterocycles. The van der Waals surface area contributed by atoms with E-state index in [0.29, 0.717) is 24.5 Å². The van der Waals surface area contributed by atoms with Crippen LogP contribution >= 0.6 is 11.6 Å². The highest BCUT2D eigenvalue weighted by Crippen LogP contribution is 2.38. The lowest BCUT2D eigenvalue weighted by atomic mass is 9.93. The summed E-state index contributed by atoms with van der Waals surface area (Å²) >= 11 is 5.93. The zero-order valence-corrected chi connectivity index (χ0v) is 21.7. The predicted molar refractivity (Wildman–Crippen MR) is 140 cm³/mol.